The second-order valence-corrected chi connectivity index (χ2v) is 4.33. The van der Waals surface area contributed by atoms with Crippen LogP contribution in [0.15, 0.2) is 18.2 Å². The third kappa shape index (κ3) is 2.29. The molecule has 2 aromatic rings. The molecule has 0 atom stereocenters. The lowest BCUT2D eigenvalue weighted by Crippen LogP contribution is -2.03. The van der Waals surface area contributed by atoms with E-state index in [1.165, 1.54) is 0 Å². The number of benzene rings is 1. The van der Waals surface area contributed by atoms with Crippen molar-refractivity contribution in [3.05, 3.63) is 41.0 Å². The van der Waals surface area contributed by atoms with Crippen LogP contribution in [-0.4, -0.2) is 19.9 Å². The highest BCUT2D eigenvalue weighted by molar-refractivity contribution is 5.40. The summed E-state index contributed by atoms with van der Waals surface area (Å²) >= 11 is 0. The number of aliphatic hydroxyl groups is 1. The topological polar surface area (TPSA) is 50.9 Å². The van der Waals surface area contributed by atoms with Gasteiger partial charge in [0.05, 0.1) is 12.3 Å². The first-order valence-electron chi connectivity index (χ1n) is 6.35. The Balaban J connectivity index is 2.47. The van der Waals surface area contributed by atoms with E-state index in [9.17, 15) is 5.11 Å². The minimum atomic E-state index is 0.0737. The van der Waals surface area contributed by atoms with E-state index in [2.05, 4.69) is 23.9 Å². The van der Waals surface area contributed by atoms with Crippen LogP contribution in [0.1, 0.15) is 36.6 Å². The summed E-state index contributed by atoms with van der Waals surface area (Å²) in [7, 11) is 0. The van der Waals surface area contributed by atoms with Gasteiger partial charge >= 0.3 is 0 Å². The van der Waals surface area contributed by atoms with Crippen LogP contribution in [0.4, 0.5) is 0 Å². The van der Waals surface area contributed by atoms with Crippen molar-refractivity contribution < 1.29 is 5.11 Å². The van der Waals surface area contributed by atoms with Gasteiger partial charge in [-0.1, -0.05) is 19.9 Å². The molecule has 1 aromatic carbocycles. The second-order valence-electron chi connectivity index (χ2n) is 4.33. The van der Waals surface area contributed by atoms with E-state index >= 15 is 0 Å². The highest BCUT2D eigenvalue weighted by atomic mass is 16.3. The van der Waals surface area contributed by atoms with Crippen molar-refractivity contribution in [3.63, 3.8) is 0 Å². The lowest BCUT2D eigenvalue weighted by molar-refractivity contribution is 0.281. The molecule has 0 unspecified atom stereocenters. The first-order valence-corrected chi connectivity index (χ1v) is 6.35. The van der Waals surface area contributed by atoms with Gasteiger partial charge in [-0.25, -0.2) is 9.67 Å². The van der Waals surface area contributed by atoms with Gasteiger partial charge < -0.3 is 5.11 Å². The van der Waals surface area contributed by atoms with Crippen LogP contribution in [0.25, 0.3) is 5.69 Å². The molecule has 0 radical (unpaired) electrons. The fourth-order valence-corrected chi connectivity index (χ4v) is 1.97. The molecule has 0 saturated carbocycles. The summed E-state index contributed by atoms with van der Waals surface area (Å²) in [5.74, 6) is 1.85. The Bertz CT molecular complexity index is 546. The zero-order valence-corrected chi connectivity index (χ0v) is 11.1. The Morgan fingerprint density at radius 3 is 2.56 bits per heavy atom. The zero-order valence-electron chi connectivity index (χ0n) is 11.1. The summed E-state index contributed by atoms with van der Waals surface area (Å²) < 4.78 is 1.90. The molecule has 0 aliphatic carbocycles. The van der Waals surface area contributed by atoms with Gasteiger partial charge in [0, 0.05) is 12.8 Å². The Morgan fingerprint density at radius 2 is 2.00 bits per heavy atom. The summed E-state index contributed by atoms with van der Waals surface area (Å²) in [6, 6.07) is 5.96. The van der Waals surface area contributed by atoms with E-state index in [1.54, 1.807) is 0 Å². The molecular formula is C14H19N3O. The predicted octanol–water partition coefficient (Wildman–Crippen LogP) is 2.19. The summed E-state index contributed by atoms with van der Waals surface area (Å²) in [5.41, 5.74) is 3.03. The van der Waals surface area contributed by atoms with Gasteiger partial charge in [0.2, 0.25) is 0 Å². The first-order chi connectivity index (χ1) is 8.69. The molecule has 2 rings (SSSR count). The molecule has 1 heterocycles. The van der Waals surface area contributed by atoms with Crippen molar-refractivity contribution in [2.75, 3.05) is 0 Å². The SMILES string of the molecule is CCc1nc(CC)n(-c2ccc(CO)c(C)c2)n1. The van der Waals surface area contributed by atoms with Gasteiger partial charge in [0.15, 0.2) is 5.82 Å². The largest absolute Gasteiger partial charge is 0.392 e. The number of hydrogen-bond acceptors (Lipinski definition) is 3. The van der Waals surface area contributed by atoms with Crippen molar-refractivity contribution in [3.8, 4) is 5.69 Å². The Hall–Kier alpha value is -1.68. The van der Waals surface area contributed by atoms with E-state index in [4.69, 9.17) is 0 Å². The highest BCUT2D eigenvalue weighted by Gasteiger charge is 2.09. The average molecular weight is 245 g/mol. The quantitative estimate of drug-likeness (QED) is 0.898. The molecule has 4 nitrogen and oxygen atoms in total. The van der Waals surface area contributed by atoms with Crippen LogP contribution in [0, 0.1) is 6.92 Å². The van der Waals surface area contributed by atoms with Gasteiger partial charge in [-0.05, 0) is 30.2 Å². The second kappa shape index (κ2) is 5.31. The molecule has 0 saturated heterocycles. The third-order valence-electron chi connectivity index (χ3n) is 3.09. The monoisotopic (exact) mass is 245 g/mol. The average Bonchev–Trinajstić information content (AvgIpc) is 2.82. The molecule has 0 aliphatic rings. The van der Waals surface area contributed by atoms with Gasteiger partial charge in [-0.15, -0.1) is 0 Å². The number of aliphatic hydroxyl groups excluding tert-OH is 1. The minimum absolute atomic E-state index is 0.0737. The molecule has 18 heavy (non-hydrogen) atoms. The zero-order chi connectivity index (χ0) is 13.1. The molecule has 96 valence electrons. The summed E-state index contributed by atoms with van der Waals surface area (Å²) in [6.07, 6.45) is 1.70. The maximum atomic E-state index is 9.19. The normalized spacial score (nSPS) is 10.9. The summed E-state index contributed by atoms with van der Waals surface area (Å²) in [5, 5.41) is 13.7. The van der Waals surface area contributed by atoms with Gasteiger partial charge in [0.1, 0.15) is 5.82 Å². The molecule has 0 aliphatic heterocycles. The fraction of sp³-hybridized carbons (Fsp3) is 0.429. The number of aryl methyl sites for hydroxylation is 3. The van der Waals surface area contributed by atoms with Crippen LogP contribution in [-0.2, 0) is 19.4 Å². The standard InChI is InChI=1S/C14H19N3O/c1-4-13-15-14(5-2)17(16-13)12-7-6-11(9-18)10(3)8-12/h6-8,18H,4-5,9H2,1-3H3. The Labute approximate surface area is 107 Å². The fourth-order valence-electron chi connectivity index (χ4n) is 1.97. The number of nitrogens with zero attached hydrogens (tertiary/aromatic N) is 3. The van der Waals surface area contributed by atoms with E-state index < -0.39 is 0 Å². The maximum Gasteiger partial charge on any atom is 0.151 e. The number of rotatable bonds is 4. The number of hydrogen-bond donors (Lipinski definition) is 1. The number of aromatic nitrogens is 3. The minimum Gasteiger partial charge on any atom is -0.392 e. The van der Waals surface area contributed by atoms with Crippen LogP contribution < -0.4 is 0 Å². The molecule has 1 aromatic heterocycles. The van der Waals surface area contributed by atoms with Gasteiger partial charge in [-0.3, -0.25) is 0 Å². The van der Waals surface area contributed by atoms with Crippen molar-refractivity contribution in [2.24, 2.45) is 0 Å². The van der Waals surface area contributed by atoms with E-state index in [-0.39, 0.29) is 6.61 Å². The van der Waals surface area contributed by atoms with Crippen molar-refractivity contribution >= 4 is 0 Å². The van der Waals surface area contributed by atoms with Gasteiger partial charge in [0.25, 0.3) is 0 Å². The highest BCUT2D eigenvalue weighted by Crippen LogP contribution is 2.16. The van der Waals surface area contributed by atoms with Crippen LogP contribution in [0.5, 0.6) is 0 Å². The van der Waals surface area contributed by atoms with Crippen LogP contribution >= 0.6 is 0 Å². The van der Waals surface area contributed by atoms with E-state index in [0.717, 1.165) is 41.3 Å². The maximum absolute atomic E-state index is 9.19. The summed E-state index contributed by atoms with van der Waals surface area (Å²) in [6.45, 7) is 6.21. The molecular weight excluding hydrogens is 226 g/mol. The van der Waals surface area contributed by atoms with Gasteiger partial charge in [-0.2, -0.15) is 5.10 Å². The molecule has 0 amide bonds. The Morgan fingerprint density at radius 1 is 1.22 bits per heavy atom. The van der Waals surface area contributed by atoms with E-state index in [1.807, 2.05) is 29.8 Å². The molecule has 4 heteroatoms. The first kappa shape index (κ1) is 12.8. The Kier molecular flexibility index (Phi) is 3.77. The third-order valence-corrected chi connectivity index (χ3v) is 3.09. The molecule has 0 bridgehead atoms. The van der Waals surface area contributed by atoms with Crippen LogP contribution in [0.2, 0.25) is 0 Å². The lowest BCUT2D eigenvalue weighted by atomic mass is 10.1. The lowest BCUT2D eigenvalue weighted by Gasteiger charge is -2.08. The van der Waals surface area contributed by atoms with Crippen molar-refractivity contribution in [1.82, 2.24) is 14.8 Å². The summed E-state index contributed by atoms with van der Waals surface area (Å²) in [4.78, 5) is 4.50. The predicted molar refractivity (Wildman–Crippen MR) is 70.8 cm³/mol. The molecule has 0 fully saturated rings. The van der Waals surface area contributed by atoms with Crippen molar-refractivity contribution in [1.29, 1.82) is 0 Å². The van der Waals surface area contributed by atoms with E-state index in [0.29, 0.717) is 0 Å². The molecule has 0 spiro atoms. The van der Waals surface area contributed by atoms with Crippen LogP contribution in [0.3, 0.4) is 0 Å². The smallest absolute Gasteiger partial charge is 0.151 e. The molecule has 1 N–H and O–H groups in total. The van der Waals surface area contributed by atoms with Crippen molar-refractivity contribution in [2.45, 2.75) is 40.2 Å².